The van der Waals surface area contributed by atoms with Crippen LogP contribution in [0.3, 0.4) is 0 Å². The Labute approximate surface area is 182 Å². The molecule has 3 amide bonds. The first kappa shape index (κ1) is 23.7. The van der Waals surface area contributed by atoms with Crippen molar-refractivity contribution in [2.75, 3.05) is 5.75 Å². The van der Waals surface area contributed by atoms with Gasteiger partial charge in [-0.2, -0.15) is 0 Å². The fourth-order valence-electron chi connectivity index (χ4n) is 2.68. The number of hydrogen-bond donors (Lipinski definition) is 2. The Balaban J connectivity index is 2.09. The molecule has 0 aliphatic carbocycles. The number of thioether (sulfide) groups is 1. The minimum Gasteiger partial charge on any atom is -0.335 e. The number of imide groups is 1. The predicted octanol–water partition coefficient (Wildman–Crippen LogP) is 4.15. The number of nitrogens with one attached hydrogen (secondary N) is 2. The summed E-state index contributed by atoms with van der Waals surface area (Å²) >= 11 is 1.23. The fraction of sp³-hybridized carbons (Fsp3) is 0.455. The summed E-state index contributed by atoms with van der Waals surface area (Å²) in [7, 11) is 0. The number of allylic oxidation sites excluding steroid dienone is 1. The Morgan fingerprint density at radius 2 is 1.90 bits per heavy atom. The van der Waals surface area contributed by atoms with Crippen molar-refractivity contribution in [3.05, 3.63) is 42.5 Å². The maximum atomic E-state index is 12.1. The maximum Gasteiger partial charge on any atom is 0.321 e. The van der Waals surface area contributed by atoms with Gasteiger partial charge >= 0.3 is 6.03 Å². The Morgan fingerprint density at radius 1 is 1.23 bits per heavy atom. The molecule has 1 aromatic heterocycles. The molecule has 0 radical (unpaired) electrons. The van der Waals surface area contributed by atoms with E-state index in [2.05, 4.69) is 60.3 Å². The van der Waals surface area contributed by atoms with E-state index in [9.17, 15) is 9.59 Å². The van der Waals surface area contributed by atoms with Gasteiger partial charge in [0, 0.05) is 18.2 Å². The molecule has 2 aromatic rings. The maximum absolute atomic E-state index is 12.1. The number of amides is 3. The molecule has 0 saturated heterocycles. The van der Waals surface area contributed by atoms with Crippen LogP contribution in [-0.2, 0) is 16.8 Å². The Kier molecular flexibility index (Phi) is 8.23. The molecule has 1 heterocycles. The van der Waals surface area contributed by atoms with Gasteiger partial charge in [0.2, 0.25) is 5.91 Å². The minimum atomic E-state index is -0.484. The molecule has 1 aromatic carbocycles. The fourth-order valence-corrected chi connectivity index (χ4v) is 3.42. The van der Waals surface area contributed by atoms with E-state index in [1.807, 2.05) is 30.5 Å². The molecule has 2 rings (SSSR count). The molecule has 0 spiro atoms. The first-order valence-corrected chi connectivity index (χ1v) is 11.0. The summed E-state index contributed by atoms with van der Waals surface area (Å²) in [5.41, 5.74) is 2.26. The lowest BCUT2D eigenvalue weighted by Gasteiger charge is -2.19. The zero-order chi connectivity index (χ0) is 22.3. The summed E-state index contributed by atoms with van der Waals surface area (Å²) in [6.07, 6.45) is 2.56. The van der Waals surface area contributed by atoms with Crippen molar-refractivity contribution in [3.8, 4) is 11.4 Å². The zero-order valence-corrected chi connectivity index (χ0v) is 19.2. The van der Waals surface area contributed by atoms with Gasteiger partial charge in [-0.15, -0.1) is 16.8 Å². The van der Waals surface area contributed by atoms with E-state index < -0.39 is 6.03 Å². The van der Waals surface area contributed by atoms with E-state index in [0.717, 1.165) is 12.0 Å². The summed E-state index contributed by atoms with van der Waals surface area (Å²) in [6.45, 7) is 14.7. The summed E-state index contributed by atoms with van der Waals surface area (Å²) in [5, 5.41) is 14.2. The number of nitrogens with zero attached hydrogens (tertiary/aromatic N) is 3. The first-order valence-electron chi connectivity index (χ1n) is 10.0. The van der Waals surface area contributed by atoms with E-state index in [4.69, 9.17) is 0 Å². The van der Waals surface area contributed by atoms with Crippen LogP contribution in [0.15, 0.2) is 42.1 Å². The van der Waals surface area contributed by atoms with E-state index >= 15 is 0 Å². The molecule has 30 heavy (non-hydrogen) atoms. The Hall–Kier alpha value is -2.61. The van der Waals surface area contributed by atoms with Gasteiger partial charge in [0.15, 0.2) is 11.0 Å². The number of carbonyl (C=O) groups excluding carboxylic acids is 2. The largest absolute Gasteiger partial charge is 0.335 e. The average Bonchev–Trinajstić information content (AvgIpc) is 3.08. The van der Waals surface area contributed by atoms with Crippen molar-refractivity contribution in [2.24, 2.45) is 0 Å². The number of aromatic nitrogens is 3. The Bertz CT molecular complexity index is 884. The third kappa shape index (κ3) is 6.45. The van der Waals surface area contributed by atoms with Crippen molar-refractivity contribution < 1.29 is 9.59 Å². The number of benzene rings is 1. The van der Waals surface area contributed by atoms with E-state index in [1.165, 1.54) is 17.3 Å². The van der Waals surface area contributed by atoms with E-state index in [0.29, 0.717) is 17.5 Å². The van der Waals surface area contributed by atoms with Crippen LogP contribution in [0.5, 0.6) is 0 Å². The van der Waals surface area contributed by atoms with Gasteiger partial charge in [-0.05, 0) is 24.3 Å². The smallest absolute Gasteiger partial charge is 0.321 e. The van der Waals surface area contributed by atoms with Crippen LogP contribution in [-0.4, -0.2) is 38.5 Å². The molecule has 7 nitrogen and oxygen atoms in total. The summed E-state index contributed by atoms with van der Waals surface area (Å²) in [4.78, 5) is 23.9. The van der Waals surface area contributed by atoms with Gasteiger partial charge in [-0.1, -0.05) is 69.8 Å². The van der Waals surface area contributed by atoms with Crippen LogP contribution in [0.1, 0.15) is 46.6 Å². The van der Waals surface area contributed by atoms with Crippen LogP contribution in [0.25, 0.3) is 11.4 Å². The summed E-state index contributed by atoms with van der Waals surface area (Å²) in [5.74, 6) is 0.393. The molecule has 2 N–H and O–H groups in total. The molecule has 0 saturated carbocycles. The molecule has 0 fully saturated rings. The lowest BCUT2D eigenvalue weighted by Crippen LogP contribution is -2.43. The molecule has 0 aliphatic heterocycles. The highest BCUT2D eigenvalue weighted by molar-refractivity contribution is 7.99. The second kappa shape index (κ2) is 10.4. The number of carbonyl (C=O) groups is 2. The van der Waals surface area contributed by atoms with Gasteiger partial charge in [-0.3, -0.25) is 14.7 Å². The molecule has 8 heteroatoms. The highest BCUT2D eigenvalue weighted by Gasteiger charge is 2.18. The SMILES string of the molecule is C=CCn1c(SCC(=O)NC(=O)N[C@@H](C)CC)nnc1-c1ccc(C(C)(C)C)cc1. The number of rotatable bonds is 8. The van der Waals surface area contributed by atoms with Gasteiger partial charge in [0.25, 0.3) is 0 Å². The number of urea groups is 1. The lowest BCUT2D eigenvalue weighted by molar-refractivity contribution is -0.117. The molecule has 0 aliphatic rings. The normalized spacial score (nSPS) is 12.3. The van der Waals surface area contributed by atoms with Gasteiger partial charge in [0.05, 0.1) is 5.75 Å². The molecular formula is C22H31N5O2S. The third-order valence-corrected chi connectivity index (χ3v) is 5.58. The monoisotopic (exact) mass is 429 g/mol. The topological polar surface area (TPSA) is 88.9 Å². The van der Waals surface area contributed by atoms with Crippen molar-refractivity contribution in [1.29, 1.82) is 0 Å². The molecule has 162 valence electrons. The van der Waals surface area contributed by atoms with Gasteiger partial charge in [0.1, 0.15) is 0 Å². The zero-order valence-electron chi connectivity index (χ0n) is 18.4. The highest BCUT2D eigenvalue weighted by atomic mass is 32.2. The Morgan fingerprint density at radius 3 is 2.47 bits per heavy atom. The van der Waals surface area contributed by atoms with Crippen molar-refractivity contribution in [3.63, 3.8) is 0 Å². The van der Waals surface area contributed by atoms with Crippen LogP contribution in [0.2, 0.25) is 0 Å². The molecule has 0 unspecified atom stereocenters. The van der Waals surface area contributed by atoms with E-state index in [-0.39, 0.29) is 23.1 Å². The first-order chi connectivity index (χ1) is 14.2. The number of hydrogen-bond acceptors (Lipinski definition) is 5. The van der Waals surface area contributed by atoms with Crippen molar-refractivity contribution >= 4 is 23.7 Å². The van der Waals surface area contributed by atoms with Gasteiger partial charge < -0.3 is 5.32 Å². The van der Waals surface area contributed by atoms with Crippen LogP contribution < -0.4 is 10.6 Å². The summed E-state index contributed by atoms with van der Waals surface area (Å²) in [6, 6.07) is 7.78. The van der Waals surface area contributed by atoms with E-state index in [1.54, 1.807) is 6.08 Å². The summed E-state index contributed by atoms with van der Waals surface area (Å²) < 4.78 is 1.91. The second-order valence-electron chi connectivity index (χ2n) is 8.15. The van der Waals surface area contributed by atoms with Crippen LogP contribution >= 0.6 is 11.8 Å². The molecule has 0 bridgehead atoms. The second-order valence-corrected chi connectivity index (χ2v) is 9.09. The standard InChI is InChI=1S/C22H31N5O2S/c1-7-13-27-19(16-9-11-17(12-10-16)22(4,5)6)25-26-21(27)30-14-18(28)24-20(29)23-15(3)8-2/h7,9-12,15H,1,8,13-14H2,2-6H3,(H2,23,24,28,29)/t15-/m0/s1. The van der Waals surface area contributed by atoms with Gasteiger partial charge in [-0.25, -0.2) is 4.79 Å². The lowest BCUT2D eigenvalue weighted by atomic mass is 9.87. The van der Waals surface area contributed by atoms with Crippen molar-refractivity contribution in [1.82, 2.24) is 25.4 Å². The average molecular weight is 430 g/mol. The van der Waals surface area contributed by atoms with Crippen molar-refractivity contribution in [2.45, 2.75) is 64.2 Å². The van der Waals surface area contributed by atoms with Crippen LogP contribution in [0.4, 0.5) is 4.79 Å². The quantitative estimate of drug-likeness (QED) is 0.486. The third-order valence-electron chi connectivity index (χ3n) is 4.61. The molecular weight excluding hydrogens is 398 g/mol. The molecule has 1 atom stereocenters. The highest BCUT2D eigenvalue weighted by Crippen LogP contribution is 2.27. The van der Waals surface area contributed by atoms with Crippen LogP contribution in [0, 0.1) is 0 Å². The minimum absolute atomic E-state index is 0.00775. The predicted molar refractivity (Wildman–Crippen MR) is 122 cm³/mol.